The first-order valence-corrected chi connectivity index (χ1v) is 6.10. The van der Waals surface area contributed by atoms with Crippen molar-refractivity contribution >= 4 is 11.4 Å². The smallest absolute Gasteiger partial charge is 0.126 e. The summed E-state index contributed by atoms with van der Waals surface area (Å²) in [5.41, 5.74) is 9.08. The maximum Gasteiger partial charge on any atom is 0.126 e. The lowest BCUT2D eigenvalue weighted by molar-refractivity contribution is 0.580. The van der Waals surface area contributed by atoms with Gasteiger partial charge in [-0.3, -0.25) is 0 Å². The Morgan fingerprint density at radius 1 is 1.11 bits per heavy atom. The Bertz CT molecular complexity index is 542. The number of rotatable bonds is 4. The van der Waals surface area contributed by atoms with Gasteiger partial charge in [-0.05, 0) is 42.7 Å². The second-order valence-corrected chi connectivity index (χ2v) is 4.49. The van der Waals surface area contributed by atoms with Crippen molar-refractivity contribution in [3.63, 3.8) is 0 Å². The van der Waals surface area contributed by atoms with Crippen LogP contribution in [0.1, 0.15) is 11.1 Å². The maximum absolute atomic E-state index is 13.0. The summed E-state index contributed by atoms with van der Waals surface area (Å²) in [4.78, 5) is 0. The molecule has 2 rings (SSSR count). The van der Waals surface area contributed by atoms with E-state index in [-0.39, 0.29) is 0 Å². The molecule has 0 unspecified atom stereocenters. The monoisotopic (exact) mass is 262 g/mol. The number of nitrogen functional groups attached to an aromatic ring is 1. The fourth-order valence-corrected chi connectivity index (χ4v) is 2.02. The Hall–Kier alpha value is -2.10. The molecular weight excluding hydrogens is 246 g/mol. The van der Waals surface area contributed by atoms with Crippen LogP contribution in [0.4, 0.5) is 20.2 Å². The summed E-state index contributed by atoms with van der Waals surface area (Å²) in [6.45, 7) is 2.53. The van der Waals surface area contributed by atoms with E-state index >= 15 is 0 Å². The summed E-state index contributed by atoms with van der Waals surface area (Å²) in [5.74, 6) is -1.10. The van der Waals surface area contributed by atoms with Gasteiger partial charge in [0.05, 0.1) is 11.4 Å². The van der Waals surface area contributed by atoms with Gasteiger partial charge in [-0.2, -0.15) is 0 Å². The molecule has 0 radical (unpaired) electrons. The largest absolute Gasteiger partial charge is 0.397 e. The van der Waals surface area contributed by atoms with Crippen LogP contribution in [0.5, 0.6) is 0 Å². The van der Waals surface area contributed by atoms with E-state index in [9.17, 15) is 8.78 Å². The summed E-state index contributed by atoms with van der Waals surface area (Å²) < 4.78 is 26.1. The highest BCUT2D eigenvalue weighted by atomic mass is 19.1. The van der Waals surface area contributed by atoms with Gasteiger partial charge >= 0.3 is 0 Å². The van der Waals surface area contributed by atoms with Crippen molar-refractivity contribution in [2.75, 3.05) is 17.6 Å². The molecule has 0 aromatic heterocycles. The number of aryl methyl sites for hydroxylation is 1. The molecule has 0 aliphatic carbocycles. The van der Waals surface area contributed by atoms with Crippen LogP contribution in [0.3, 0.4) is 0 Å². The minimum absolute atomic E-state index is 0.530. The SMILES string of the molecule is Cc1cccc(N)c1NCCc1cc(F)cc(F)c1. The van der Waals surface area contributed by atoms with E-state index < -0.39 is 11.6 Å². The molecule has 2 aromatic carbocycles. The molecular formula is C15H16F2N2. The van der Waals surface area contributed by atoms with Gasteiger partial charge in [-0.25, -0.2) is 8.78 Å². The Morgan fingerprint density at radius 3 is 2.42 bits per heavy atom. The van der Waals surface area contributed by atoms with Crippen molar-refractivity contribution in [3.8, 4) is 0 Å². The number of hydrogen-bond donors (Lipinski definition) is 2. The Kier molecular flexibility index (Phi) is 4.00. The average molecular weight is 262 g/mol. The minimum atomic E-state index is -0.551. The number of nitrogens with one attached hydrogen (secondary N) is 1. The van der Waals surface area contributed by atoms with Crippen LogP contribution in [0.2, 0.25) is 0 Å². The first-order valence-electron chi connectivity index (χ1n) is 6.10. The number of hydrogen-bond acceptors (Lipinski definition) is 2. The number of benzene rings is 2. The Labute approximate surface area is 111 Å². The zero-order valence-corrected chi connectivity index (χ0v) is 10.7. The van der Waals surface area contributed by atoms with Gasteiger partial charge in [0, 0.05) is 12.6 Å². The predicted molar refractivity (Wildman–Crippen MR) is 74.1 cm³/mol. The van der Waals surface area contributed by atoms with Gasteiger partial charge in [0.1, 0.15) is 11.6 Å². The molecule has 3 N–H and O–H groups in total. The number of anilines is 2. The van der Waals surface area contributed by atoms with Crippen molar-refractivity contribution in [3.05, 3.63) is 59.2 Å². The summed E-state index contributed by atoms with van der Waals surface area (Å²) >= 11 is 0. The van der Waals surface area contributed by atoms with Gasteiger partial charge in [0.15, 0.2) is 0 Å². The summed E-state index contributed by atoms with van der Waals surface area (Å²) in [6.07, 6.45) is 0.530. The molecule has 100 valence electrons. The first-order chi connectivity index (χ1) is 9.06. The van der Waals surface area contributed by atoms with Crippen molar-refractivity contribution in [2.45, 2.75) is 13.3 Å². The van der Waals surface area contributed by atoms with Gasteiger partial charge in [-0.15, -0.1) is 0 Å². The normalized spacial score (nSPS) is 10.5. The van der Waals surface area contributed by atoms with E-state index in [1.54, 1.807) is 0 Å². The summed E-state index contributed by atoms with van der Waals surface area (Å²) in [5, 5.41) is 3.20. The lowest BCUT2D eigenvalue weighted by Crippen LogP contribution is -2.08. The van der Waals surface area contributed by atoms with E-state index in [0.717, 1.165) is 17.3 Å². The number of para-hydroxylation sites is 1. The van der Waals surface area contributed by atoms with E-state index in [2.05, 4.69) is 5.32 Å². The molecule has 0 aliphatic heterocycles. The first kappa shape index (κ1) is 13.3. The van der Waals surface area contributed by atoms with Crippen LogP contribution >= 0.6 is 0 Å². The molecule has 0 saturated heterocycles. The van der Waals surface area contributed by atoms with Gasteiger partial charge in [0.2, 0.25) is 0 Å². The molecule has 0 heterocycles. The molecule has 0 spiro atoms. The molecule has 0 atom stereocenters. The molecule has 2 aromatic rings. The predicted octanol–water partition coefficient (Wildman–Crippen LogP) is 3.51. The van der Waals surface area contributed by atoms with Gasteiger partial charge < -0.3 is 11.1 Å². The van der Waals surface area contributed by atoms with E-state index in [1.807, 2.05) is 25.1 Å². The summed E-state index contributed by atoms with van der Waals surface area (Å²) in [6, 6.07) is 9.21. The third-order valence-electron chi connectivity index (χ3n) is 2.94. The second kappa shape index (κ2) is 5.69. The lowest BCUT2D eigenvalue weighted by Gasteiger charge is -2.12. The van der Waals surface area contributed by atoms with Gasteiger partial charge in [-0.1, -0.05) is 12.1 Å². The van der Waals surface area contributed by atoms with Crippen LogP contribution in [0.15, 0.2) is 36.4 Å². The highest BCUT2D eigenvalue weighted by molar-refractivity contribution is 5.69. The van der Waals surface area contributed by atoms with E-state index in [1.165, 1.54) is 12.1 Å². The zero-order chi connectivity index (χ0) is 13.8. The quantitative estimate of drug-likeness (QED) is 0.827. The van der Waals surface area contributed by atoms with Crippen molar-refractivity contribution in [2.24, 2.45) is 0 Å². The molecule has 19 heavy (non-hydrogen) atoms. The van der Waals surface area contributed by atoms with Crippen LogP contribution in [-0.2, 0) is 6.42 Å². The Morgan fingerprint density at radius 2 is 1.79 bits per heavy atom. The second-order valence-electron chi connectivity index (χ2n) is 4.49. The molecule has 4 heteroatoms. The average Bonchev–Trinajstić information content (AvgIpc) is 2.32. The van der Waals surface area contributed by atoms with Crippen LogP contribution in [-0.4, -0.2) is 6.54 Å². The van der Waals surface area contributed by atoms with Gasteiger partial charge in [0.25, 0.3) is 0 Å². The Balaban J connectivity index is 2.00. The third kappa shape index (κ3) is 3.44. The molecule has 2 nitrogen and oxygen atoms in total. The molecule has 0 aliphatic rings. The van der Waals surface area contributed by atoms with Crippen molar-refractivity contribution < 1.29 is 8.78 Å². The highest BCUT2D eigenvalue weighted by Gasteiger charge is 2.03. The van der Waals surface area contributed by atoms with Crippen LogP contribution in [0, 0.1) is 18.6 Å². The fraction of sp³-hybridized carbons (Fsp3) is 0.200. The number of halogens is 2. The van der Waals surface area contributed by atoms with E-state index in [4.69, 9.17) is 5.73 Å². The topological polar surface area (TPSA) is 38.0 Å². The van der Waals surface area contributed by atoms with Crippen LogP contribution < -0.4 is 11.1 Å². The lowest BCUT2D eigenvalue weighted by atomic mass is 10.1. The molecule has 0 fully saturated rings. The highest BCUT2D eigenvalue weighted by Crippen LogP contribution is 2.22. The van der Waals surface area contributed by atoms with Crippen LogP contribution in [0.25, 0.3) is 0 Å². The zero-order valence-electron chi connectivity index (χ0n) is 10.7. The van der Waals surface area contributed by atoms with Crippen molar-refractivity contribution in [1.29, 1.82) is 0 Å². The standard InChI is InChI=1S/C15H16F2N2/c1-10-3-2-4-14(18)15(10)19-6-5-11-7-12(16)9-13(17)8-11/h2-4,7-9,19H,5-6,18H2,1H3. The molecule has 0 saturated carbocycles. The van der Waals surface area contributed by atoms with Crippen molar-refractivity contribution in [1.82, 2.24) is 0 Å². The fourth-order valence-electron chi connectivity index (χ4n) is 2.02. The van der Waals surface area contributed by atoms with E-state index in [0.29, 0.717) is 24.2 Å². The number of nitrogens with two attached hydrogens (primary N) is 1. The maximum atomic E-state index is 13.0. The molecule has 0 amide bonds. The third-order valence-corrected chi connectivity index (χ3v) is 2.94. The summed E-state index contributed by atoms with van der Waals surface area (Å²) in [7, 11) is 0. The molecule has 0 bridgehead atoms. The minimum Gasteiger partial charge on any atom is -0.397 e.